The zero-order chi connectivity index (χ0) is 22.9. The van der Waals surface area contributed by atoms with E-state index in [0.29, 0.717) is 18.0 Å². The van der Waals surface area contributed by atoms with Crippen molar-refractivity contribution in [2.45, 2.75) is 51.7 Å². The third kappa shape index (κ3) is 4.56. The van der Waals surface area contributed by atoms with Gasteiger partial charge in [-0.15, -0.1) is 0 Å². The number of ether oxygens (including phenoxy) is 5. The van der Waals surface area contributed by atoms with Gasteiger partial charge < -0.3 is 28.6 Å². The predicted molar refractivity (Wildman–Crippen MR) is 120 cm³/mol. The van der Waals surface area contributed by atoms with Gasteiger partial charge in [0.05, 0.1) is 20.3 Å². The number of methoxy groups -OCH3 is 2. The molecule has 1 unspecified atom stereocenters. The van der Waals surface area contributed by atoms with E-state index in [2.05, 4.69) is 0 Å². The smallest absolute Gasteiger partial charge is 0.410 e. The third-order valence-corrected chi connectivity index (χ3v) is 5.77. The van der Waals surface area contributed by atoms with Crippen LogP contribution in [0.5, 0.6) is 23.0 Å². The Morgan fingerprint density at radius 2 is 1.78 bits per heavy atom. The van der Waals surface area contributed by atoms with Gasteiger partial charge in [-0.05, 0) is 81.0 Å². The molecule has 172 valence electrons. The van der Waals surface area contributed by atoms with Gasteiger partial charge in [0.25, 0.3) is 0 Å². The number of carbonyl (C=O) groups excluding carboxylic acids is 1. The van der Waals surface area contributed by atoms with E-state index in [1.54, 1.807) is 14.2 Å². The van der Waals surface area contributed by atoms with Crippen molar-refractivity contribution in [3.05, 3.63) is 47.0 Å². The number of hydrogen-bond acceptors (Lipinski definition) is 6. The zero-order valence-corrected chi connectivity index (χ0v) is 19.4. The Morgan fingerprint density at radius 1 is 1.06 bits per heavy atom. The lowest BCUT2D eigenvalue weighted by Crippen LogP contribution is -2.43. The van der Waals surface area contributed by atoms with Gasteiger partial charge in [0.15, 0.2) is 23.0 Å². The minimum Gasteiger partial charge on any atom is -0.493 e. The van der Waals surface area contributed by atoms with E-state index in [1.165, 1.54) is 0 Å². The number of fused-ring (bicyclic) bond motifs is 2. The second kappa shape index (κ2) is 8.81. The summed E-state index contributed by atoms with van der Waals surface area (Å²) < 4.78 is 27.7. The van der Waals surface area contributed by atoms with E-state index >= 15 is 0 Å². The van der Waals surface area contributed by atoms with Crippen LogP contribution in [0.2, 0.25) is 0 Å². The van der Waals surface area contributed by atoms with Gasteiger partial charge in [-0.2, -0.15) is 0 Å². The van der Waals surface area contributed by atoms with Gasteiger partial charge in [0.1, 0.15) is 5.60 Å². The summed E-state index contributed by atoms with van der Waals surface area (Å²) in [5.74, 6) is 2.89. The molecule has 0 saturated carbocycles. The first kappa shape index (κ1) is 22.1. The summed E-state index contributed by atoms with van der Waals surface area (Å²) in [6.07, 6.45) is 1.94. The lowest BCUT2D eigenvalue weighted by molar-refractivity contribution is 0.0132. The van der Waals surface area contributed by atoms with Gasteiger partial charge in [0.2, 0.25) is 6.79 Å². The number of carbonyl (C=O) groups is 1. The minimum absolute atomic E-state index is 0.140. The average molecular weight is 442 g/mol. The summed E-state index contributed by atoms with van der Waals surface area (Å²) in [5, 5.41) is 0. The largest absolute Gasteiger partial charge is 0.493 e. The highest BCUT2D eigenvalue weighted by molar-refractivity contribution is 5.70. The molecule has 4 rings (SSSR count). The summed E-state index contributed by atoms with van der Waals surface area (Å²) in [6, 6.07) is 9.87. The first-order valence-electron chi connectivity index (χ1n) is 10.9. The lowest BCUT2D eigenvalue weighted by atomic mass is 9.88. The summed E-state index contributed by atoms with van der Waals surface area (Å²) >= 11 is 0. The Morgan fingerprint density at radius 3 is 2.50 bits per heavy atom. The average Bonchev–Trinajstić information content (AvgIpc) is 3.22. The van der Waals surface area contributed by atoms with Crippen molar-refractivity contribution in [1.82, 2.24) is 4.90 Å². The molecule has 2 aromatic rings. The van der Waals surface area contributed by atoms with Crippen LogP contribution in [0.4, 0.5) is 4.79 Å². The monoisotopic (exact) mass is 441 g/mol. The Labute approximate surface area is 189 Å². The van der Waals surface area contributed by atoms with Crippen LogP contribution in [0, 0.1) is 0 Å². The molecule has 0 bridgehead atoms. The predicted octanol–water partition coefficient (Wildman–Crippen LogP) is 4.90. The van der Waals surface area contributed by atoms with Crippen LogP contribution in [0.1, 0.15) is 49.9 Å². The normalized spacial score (nSPS) is 17.0. The maximum absolute atomic E-state index is 13.1. The summed E-state index contributed by atoms with van der Waals surface area (Å²) in [7, 11) is 3.26. The van der Waals surface area contributed by atoms with Crippen molar-refractivity contribution >= 4 is 6.09 Å². The molecule has 7 nitrogen and oxygen atoms in total. The molecule has 0 N–H and O–H groups in total. The molecule has 0 fully saturated rings. The van der Waals surface area contributed by atoms with Crippen LogP contribution in [-0.4, -0.2) is 44.2 Å². The first-order chi connectivity index (χ1) is 15.3. The molecule has 32 heavy (non-hydrogen) atoms. The molecule has 1 atom stereocenters. The molecule has 2 aliphatic rings. The molecule has 0 aliphatic carbocycles. The number of amides is 1. The van der Waals surface area contributed by atoms with Gasteiger partial charge in [-0.1, -0.05) is 6.07 Å². The van der Waals surface area contributed by atoms with Crippen LogP contribution in [0.3, 0.4) is 0 Å². The van der Waals surface area contributed by atoms with E-state index in [4.69, 9.17) is 23.7 Å². The highest BCUT2D eigenvalue weighted by atomic mass is 16.7. The Kier molecular flexibility index (Phi) is 6.09. The maximum atomic E-state index is 13.1. The molecule has 0 saturated heterocycles. The van der Waals surface area contributed by atoms with E-state index in [9.17, 15) is 4.79 Å². The van der Waals surface area contributed by atoms with Gasteiger partial charge >= 0.3 is 6.09 Å². The van der Waals surface area contributed by atoms with E-state index in [-0.39, 0.29) is 18.9 Å². The first-order valence-corrected chi connectivity index (χ1v) is 10.9. The van der Waals surface area contributed by atoms with Crippen molar-refractivity contribution in [3.8, 4) is 23.0 Å². The molecule has 7 heteroatoms. The van der Waals surface area contributed by atoms with Crippen molar-refractivity contribution in [2.24, 2.45) is 0 Å². The molecule has 0 aromatic heterocycles. The topological polar surface area (TPSA) is 66.5 Å². The summed E-state index contributed by atoms with van der Waals surface area (Å²) in [5.41, 5.74) is 2.81. The van der Waals surface area contributed by atoms with Crippen molar-refractivity contribution < 1.29 is 28.5 Å². The second-order valence-electron chi connectivity index (χ2n) is 9.07. The minimum atomic E-state index is -0.559. The third-order valence-electron chi connectivity index (χ3n) is 5.77. The number of rotatable bonds is 5. The SMILES string of the molecule is COc1cc2c(cc1OC)C(CCc1ccc3c(c1)OCO3)N(C(=O)OC(C)(C)C)CC2. The number of aryl methyl sites for hydroxylation is 1. The standard InChI is InChI=1S/C25H31NO6/c1-25(2,3)32-24(27)26-11-10-17-13-21(28-4)22(29-5)14-18(17)19(26)8-6-16-7-9-20-23(12-16)31-15-30-20/h7,9,12-14,19H,6,8,10-11,15H2,1-5H3. The number of hydrogen-bond donors (Lipinski definition) is 0. The Bertz CT molecular complexity index is 997. The summed E-state index contributed by atoms with van der Waals surface area (Å²) in [6.45, 7) is 6.50. The van der Waals surface area contributed by atoms with Crippen LogP contribution < -0.4 is 18.9 Å². The quantitative estimate of drug-likeness (QED) is 0.658. The van der Waals surface area contributed by atoms with Crippen LogP contribution in [-0.2, 0) is 17.6 Å². The van der Waals surface area contributed by atoms with Crippen molar-refractivity contribution in [1.29, 1.82) is 0 Å². The Hall–Kier alpha value is -3.09. The molecule has 2 aromatic carbocycles. The van der Waals surface area contributed by atoms with E-state index in [1.807, 2.05) is 56.0 Å². The van der Waals surface area contributed by atoms with Gasteiger partial charge in [0, 0.05) is 6.54 Å². The number of benzene rings is 2. The fourth-order valence-corrected chi connectivity index (χ4v) is 4.28. The van der Waals surface area contributed by atoms with Crippen LogP contribution in [0.15, 0.2) is 30.3 Å². The van der Waals surface area contributed by atoms with E-state index in [0.717, 1.165) is 47.5 Å². The van der Waals surface area contributed by atoms with Gasteiger partial charge in [-0.3, -0.25) is 0 Å². The van der Waals surface area contributed by atoms with Crippen molar-refractivity contribution in [2.75, 3.05) is 27.6 Å². The number of nitrogens with zero attached hydrogens (tertiary/aromatic N) is 1. The highest BCUT2D eigenvalue weighted by Gasteiger charge is 2.34. The highest BCUT2D eigenvalue weighted by Crippen LogP contribution is 2.41. The molecule has 2 aliphatic heterocycles. The summed E-state index contributed by atoms with van der Waals surface area (Å²) in [4.78, 5) is 14.9. The zero-order valence-electron chi connectivity index (χ0n) is 19.4. The van der Waals surface area contributed by atoms with Crippen molar-refractivity contribution in [3.63, 3.8) is 0 Å². The molecular weight excluding hydrogens is 410 g/mol. The molecule has 2 heterocycles. The molecule has 0 spiro atoms. The van der Waals surface area contributed by atoms with Crippen LogP contribution >= 0.6 is 0 Å². The lowest BCUT2D eigenvalue weighted by Gasteiger charge is -2.38. The van der Waals surface area contributed by atoms with E-state index < -0.39 is 5.60 Å². The fraction of sp³-hybridized carbons (Fsp3) is 0.480. The van der Waals surface area contributed by atoms with Gasteiger partial charge in [-0.25, -0.2) is 4.79 Å². The molecule has 1 amide bonds. The molecule has 0 radical (unpaired) electrons. The Balaban J connectivity index is 1.64. The van der Waals surface area contributed by atoms with Crippen LogP contribution in [0.25, 0.3) is 0 Å². The fourth-order valence-electron chi connectivity index (χ4n) is 4.28. The molecular formula is C25H31NO6. The second-order valence-corrected chi connectivity index (χ2v) is 9.07. The maximum Gasteiger partial charge on any atom is 0.410 e.